The highest BCUT2D eigenvalue weighted by atomic mass is 35.5. The number of hydrogen-bond acceptors (Lipinski definition) is 2. The molecular formula is C22H24Cl4N2O2. The van der Waals surface area contributed by atoms with Crippen molar-refractivity contribution in [1.29, 1.82) is 0 Å². The Morgan fingerprint density at radius 2 is 1.60 bits per heavy atom. The Morgan fingerprint density at radius 1 is 0.967 bits per heavy atom. The van der Waals surface area contributed by atoms with E-state index in [1.807, 2.05) is 13.8 Å². The maximum absolute atomic E-state index is 13.2. The van der Waals surface area contributed by atoms with Crippen molar-refractivity contribution >= 4 is 58.2 Å². The first-order valence-electron chi connectivity index (χ1n) is 9.54. The monoisotopic (exact) mass is 488 g/mol. The molecule has 0 aromatic heterocycles. The lowest BCUT2D eigenvalue weighted by molar-refractivity contribution is -0.140. The fourth-order valence-corrected chi connectivity index (χ4v) is 3.82. The Balaban J connectivity index is 2.31. The second-order valence-electron chi connectivity index (χ2n) is 7.45. The van der Waals surface area contributed by atoms with Gasteiger partial charge < -0.3 is 10.2 Å². The van der Waals surface area contributed by atoms with E-state index in [4.69, 9.17) is 46.4 Å². The number of carbonyl (C=O) groups is 2. The van der Waals surface area contributed by atoms with Gasteiger partial charge in [-0.3, -0.25) is 9.59 Å². The number of amides is 2. The van der Waals surface area contributed by atoms with E-state index in [-0.39, 0.29) is 30.7 Å². The number of carbonyl (C=O) groups excluding carboxylic acids is 2. The van der Waals surface area contributed by atoms with Gasteiger partial charge in [-0.05, 0) is 48.2 Å². The molecule has 162 valence electrons. The molecule has 1 N–H and O–H groups in total. The van der Waals surface area contributed by atoms with Crippen LogP contribution in [0.25, 0.3) is 0 Å². The standard InChI is InChI=1S/C22H24Cl4N2O2/c1-13(2)11-27-22(30)14(3)28(12-15-7-8-16(23)9-20(15)26)21(29)10-17-18(24)5-4-6-19(17)25/h4-9,13-14H,10-12H2,1-3H3,(H,27,30). The fraction of sp³-hybridized carbons (Fsp3) is 0.364. The van der Waals surface area contributed by atoms with Crippen LogP contribution in [0.3, 0.4) is 0 Å². The fourth-order valence-electron chi connectivity index (χ4n) is 2.82. The molecule has 0 saturated carbocycles. The van der Waals surface area contributed by atoms with E-state index in [0.29, 0.717) is 37.8 Å². The van der Waals surface area contributed by atoms with Gasteiger partial charge in [0.1, 0.15) is 6.04 Å². The van der Waals surface area contributed by atoms with E-state index in [1.54, 1.807) is 43.3 Å². The summed E-state index contributed by atoms with van der Waals surface area (Å²) in [7, 11) is 0. The number of halogens is 4. The zero-order valence-corrected chi connectivity index (χ0v) is 20.0. The molecule has 2 rings (SSSR count). The summed E-state index contributed by atoms with van der Waals surface area (Å²) in [5, 5.41) is 4.59. The van der Waals surface area contributed by atoms with Gasteiger partial charge in [-0.1, -0.05) is 72.4 Å². The van der Waals surface area contributed by atoms with Crippen molar-refractivity contribution in [3.8, 4) is 0 Å². The highest BCUT2D eigenvalue weighted by Crippen LogP contribution is 2.27. The summed E-state index contributed by atoms with van der Waals surface area (Å²) in [5.74, 6) is -0.242. The Labute approximate surface area is 197 Å². The summed E-state index contributed by atoms with van der Waals surface area (Å²) in [6.07, 6.45) is -0.0362. The van der Waals surface area contributed by atoms with Crippen LogP contribution in [0.1, 0.15) is 31.9 Å². The lowest BCUT2D eigenvalue weighted by Gasteiger charge is -2.29. The molecule has 2 amide bonds. The predicted octanol–water partition coefficient (Wildman–Crippen LogP) is 6.03. The second-order valence-corrected chi connectivity index (χ2v) is 9.11. The molecule has 8 heteroatoms. The summed E-state index contributed by atoms with van der Waals surface area (Å²) in [5.41, 5.74) is 1.20. The lowest BCUT2D eigenvalue weighted by atomic mass is 10.1. The molecular weight excluding hydrogens is 466 g/mol. The largest absolute Gasteiger partial charge is 0.354 e. The second kappa shape index (κ2) is 11.2. The van der Waals surface area contributed by atoms with Gasteiger partial charge in [0.25, 0.3) is 0 Å². The van der Waals surface area contributed by atoms with E-state index < -0.39 is 6.04 Å². The maximum atomic E-state index is 13.2. The number of nitrogens with zero attached hydrogens (tertiary/aromatic N) is 1. The van der Waals surface area contributed by atoms with Gasteiger partial charge in [-0.2, -0.15) is 0 Å². The van der Waals surface area contributed by atoms with Crippen molar-refractivity contribution < 1.29 is 9.59 Å². The smallest absolute Gasteiger partial charge is 0.242 e. The minimum absolute atomic E-state index is 0.0362. The SMILES string of the molecule is CC(C)CNC(=O)C(C)N(Cc1ccc(Cl)cc1Cl)C(=O)Cc1c(Cl)cccc1Cl. The molecule has 0 heterocycles. The van der Waals surface area contributed by atoms with Crippen LogP contribution in [0, 0.1) is 5.92 Å². The van der Waals surface area contributed by atoms with Crippen LogP contribution in [0.15, 0.2) is 36.4 Å². The molecule has 0 fully saturated rings. The Kier molecular flexibility index (Phi) is 9.30. The summed E-state index contributed by atoms with van der Waals surface area (Å²) in [4.78, 5) is 27.4. The van der Waals surface area contributed by atoms with Gasteiger partial charge in [0.2, 0.25) is 11.8 Å². The van der Waals surface area contributed by atoms with Gasteiger partial charge in [0, 0.05) is 33.2 Å². The normalized spacial score (nSPS) is 12.0. The first-order valence-corrected chi connectivity index (χ1v) is 11.0. The van der Waals surface area contributed by atoms with E-state index in [1.165, 1.54) is 4.90 Å². The Bertz CT molecular complexity index is 898. The van der Waals surface area contributed by atoms with Gasteiger partial charge in [0.05, 0.1) is 6.42 Å². The van der Waals surface area contributed by atoms with Crippen LogP contribution < -0.4 is 5.32 Å². The maximum Gasteiger partial charge on any atom is 0.242 e. The molecule has 0 aliphatic carbocycles. The highest BCUT2D eigenvalue weighted by molar-refractivity contribution is 6.36. The van der Waals surface area contributed by atoms with Crippen LogP contribution in [0.2, 0.25) is 20.1 Å². The molecule has 1 unspecified atom stereocenters. The molecule has 2 aromatic carbocycles. The van der Waals surface area contributed by atoms with E-state index >= 15 is 0 Å². The molecule has 30 heavy (non-hydrogen) atoms. The molecule has 0 aliphatic rings. The zero-order chi connectivity index (χ0) is 22.4. The van der Waals surface area contributed by atoms with Crippen molar-refractivity contribution in [1.82, 2.24) is 10.2 Å². The number of benzene rings is 2. The summed E-state index contributed by atoms with van der Waals surface area (Å²) < 4.78 is 0. The highest BCUT2D eigenvalue weighted by Gasteiger charge is 2.27. The van der Waals surface area contributed by atoms with Gasteiger partial charge in [-0.25, -0.2) is 0 Å². The first kappa shape index (κ1) is 24.8. The molecule has 2 aromatic rings. The average molecular weight is 490 g/mol. The summed E-state index contributed by atoms with van der Waals surface area (Å²) in [6, 6.07) is 9.39. The van der Waals surface area contributed by atoms with Gasteiger partial charge in [-0.15, -0.1) is 0 Å². The van der Waals surface area contributed by atoms with Crippen molar-refractivity contribution in [2.45, 2.75) is 39.8 Å². The van der Waals surface area contributed by atoms with Crippen LogP contribution in [0.5, 0.6) is 0 Å². The van der Waals surface area contributed by atoms with Crippen LogP contribution in [-0.4, -0.2) is 29.3 Å². The summed E-state index contributed by atoms with van der Waals surface area (Å²) >= 11 is 24.8. The first-order chi connectivity index (χ1) is 14.1. The predicted molar refractivity (Wildman–Crippen MR) is 124 cm³/mol. The van der Waals surface area contributed by atoms with Crippen molar-refractivity contribution in [3.63, 3.8) is 0 Å². The summed E-state index contributed by atoms with van der Waals surface area (Å²) in [6.45, 7) is 6.35. The van der Waals surface area contributed by atoms with Crippen LogP contribution in [0.4, 0.5) is 0 Å². The van der Waals surface area contributed by atoms with Crippen molar-refractivity contribution in [2.75, 3.05) is 6.54 Å². The minimum atomic E-state index is -0.718. The van der Waals surface area contributed by atoms with E-state index in [9.17, 15) is 9.59 Å². The van der Waals surface area contributed by atoms with E-state index in [2.05, 4.69) is 5.32 Å². The average Bonchev–Trinajstić information content (AvgIpc) is 2.67. The van der Waals surface area contributed by atoms with E-state index in [0.717, 1.165) is 0 Å². The zero-order valence-electron chi connectivity index (χ0n) is 17.0. The molecule has 4 nitrogen and oxygen atoms in total. The molecule has 0 radical (unpaired) electrons. The minimum Gasteiger partial charge on any atom is -0.354 e. The van der Waals surface area contributed by atoms with Crippen molar-refractivity contribution in [3.05, 3.63) is 67.6 Å². The number of nitrogens with one attached hydrogen (secondary N) is 1. The molecule has 0 saturated heterocycles. The molecule has 0 bridgehead atoms. The van der Waals surface area contributed by atoms with Gasteiger partial charge in [0.15, 0.2) is 0 Å². The third-order valence-electron chi connectivity index (χ3n) is 4.60. The molecule has 0 aliphatic heterocycles. The van der Waals surface area contributed by atoms with Crippen molar-refractivity contribution in [2.24, 2.45) is 5.92 Å². The third kappa shape index (κ3) is 6.78. The number of hydrogen-bond donors (Lipinski definition) is 1. The van der Waals surface area contributed by atoms with Crippen LogP contribution in [-0.2, 0) is 22.6 Å². The van der Waals surface area contributed by atoms with Gasteiger partial charge >= 0.3 is 0 Å². The third-order valence-corrected chi connectivity index (χ3v) is 5.89. The molecule has 0 spiro atoms. The topological polar surface area (TPSA) is 49.4 Å². The quantitative estimate of drug-likeness (QED) is 0.491. The number of rotatable bonds is 8. The Morgan fingerprint density at radius 3 is 2.17 bits per heavy atom. The van der Waals surface area contributed by atoms with Crippen LogP contribution >= 0.6 is 46.4 Å². The lowest BCUT2D eigenvalue weighted by Crippen LogP contribution is -2.48. The molecule has 1 atom stereocenters. The Hall–Kier alpha value is -1.46.